The van der Waals surface area contributed by atoms with Crippen LogP contribution in [-0.2, 0) is 0 Å². The molecule has 1 aromatic heterocycles. The minimum absolute atomic E-state index is 0.163. The topological polar surface area (TPSA) is 54.9 Å². The number of halogens is 1. The number of nitrogens with zero attached hydrogens (tertiary/aromatic N) is 2. The first-order valence-electron chi connectivity index (χ1n) is 5.36. The molecule has 1 N–H and O–H groups in total. The molecule has 0 aliphatic carbocycles. The summed E-state index contributed by atoms with van der Waals surface area (Å²) < 4.78 is 4.82. The van der Waals surface area contributed by atoms with E-state index in [0.717, 1.165) is 32.8 Å². The first-order chi connectivity index (χ1) is 8.49. The fraction of sp³-hybridized carbons (Fsp3) is 0.250. The molecule has 0 saturated carbocycles. The zero-order valence-electron chi connectivity index (χ0n) is 10.2. The number of aromatic nitrogens is 2. The summed E-state index contributed by atoms with van der Waals surface area (Å²) >= 11 is 4.61. The Morgan fingerprint density at radius 3 is 2.39 bits per heavy atom. The highest BCUT2D eigenvalue weighted by atomic mass is 79.9. The van der Waals surface area contributed by atoms with Crippen molar-refractivity contribution >= 4 is 39.1 Å². The molecule has 0 aliphatic rings. The molecule has 0 saturated heterocycles. The lowest BCUT2D eigenvalue weighted by Crippen LogP contribution is -2.11. The molecule has 0 bridgehead atoms. The molecule has 0 spiro atoms. The Balaban J connectivity index is 2.25. The molecule has 0 aliphatic heterocycles. The molecule has 2 rings (SSSR count). The molecule has 0 unspecified atom stereocenters. The summed E-state index contributed by atoms with van der Waals surface area (Å²) in [6.07, 6.45) is 0. The lowest BCUT2D eigenvalue weighted by atomic mass is 10.1. The van der Waals surface area contributed by atoms with Crippen LogP contribution in [-0.4, -0.2) is 15.5 Å². The number of benzene rings is 1. The van der Waals surface area contributed by atoms with Crippen molar-refractivity contribution in [2.24, 2.45) is 0 Å². The van der Waals surface area contributed by atoms with Crippen LogP contribution in [0.15, 0.2) is 16.6 Å². The van der Waals surface area contributed by atoms with Gasteiger partial charge >= 0.3 is 0 Å². The number of nitrogens with one attached hydrogen (secondary N) is 1. The lowest BCUT2D eigenvalue weighted by Gasteiger charge is -2.08. The highest BCUT2D eigenvalue weighted by Gasteiger charge is 2.14. The van der Waals surface area contributed by atoms with E-state index in [1.807, 2.05) is 26.0 Å². The van der Waals surface area contributed by atoms with Crippen molar-refractivity contribution in [2.75, 3.05) is 5.32 Å². The lowest BCUT2D eigenvalue weighted by molar-refractivity contribution is 0.103. The van der Waals surface area contributed by atoms with Gasteiger partial charge < -0.3 is 5.32 Å². The largest absolute Gasteiger partial charge is 0.321 e. The molecule has 0 fully saturated rings. The number of rotatable bonds is 2. The highest BCUT2D eigenvalue weighted by molar-refractivity contribution is 9.10. The van der Waals surface area contributed by atoms with Gasteiger partial charge in [-0.3, -0.25) is 4.79 Å². The van der Waals surface area contributed by atoms with Crippen molar-refractivity contribution in [1.82, 2.24) is 9.59 Å². The van der Waals surface area contributed by atoms with Crippen LogP contribution < -0.4 is 5.32 Å². The molecule has 1 aromatic carbocycles. The average molecular weight is 326 g/mol. The van der Waals surface area contributed by atoms with E-state index in [1.54, 1.807) is 6.92 Å². The molecule has 1 amide bonds. The molecule has 6 heteroatoms. The van der Waals surface area contributed by atoms with E-state index in [4.69, 9.17) is 0 Å². The van der Waals surface area contributed by atoms with Crippen molar-refractivity contribution in [3.05, 3.63) is 38.3 Å². The van der Waals surface area contributed by atoms with Crippen LogP contribution in [0.4, 0.5) is 5.69 Å². The Morgan fingerprint density at radius 2 is 1.89 bits per heavy atom. The summed E-state index contributed by atoms with van der Waals surface area (Å²) in [6, 6.07) is 3.86. The number of amides is 1. The second-order valence-electron chi connectivity index (χ2n) is 4.07. The van der Waals surface area contributed by atoms with Gasteiger partial charge in [0.1, 0.15) is 4.88 Å². The first kappa shape index (κ1) is 13.2. The number of carbonyl (C=O) groups is 1. The van der Waals surface area contributed by atoms with Crippen LogP contribution in [0.2, 0.25) is 0 Å². The summed E-state index contributed by atoms with van der Waals surface area (Å²) in [6.45, 7) is 5.76. The van der Waals surface area contributed by atoms with Gasteiger partial charge in [0, 0.05) is 10.2 Å². The van der Waals surface area contributed by atoms with Crippen LogP contribution in [0.5, 0.6) is 0 Å². The zero-order valence-corrected chi connectivity index (χ0v) is 12.6. The van der Waals surface area contributed by atoms with Crippen molar-refractivity contribution in [3.8, 4) is 0 Å². The second-order valence-corrected chi connectivity index (χ2v) is 5.61. The summed E-state index contributed by atoms with van der Waals surface area (Å²) in [4.78, 5) is 12.6. The van der Waals surface area contributed by atoms with Gasteiger partial charge in [-0.05, 0) is 55.6 Å². The third-order valence-electron chi connectivity index (χ3n) is 2.55. The quantitative estimate of drug-likeness (QED) is 0.919. The predicted octanol–water partition coefficient (Wildman–Crippen LogP) is 3.48. The standard InChI is InChI=1S/C12H12BrN3OS/c1-6-4-9(5-7(2)10(6)13)14-12(17)11-8(3)15-16-18-11/h4-5H,1-3H3,(H,14,17). The number of aryl methyl sites for hydroxylation is 3. The third kappa shape index (κ3) is 2.59. The summed E-state index contributed by atoms with van der Waals surface area (Å²) in [5.74, 6) is -0.163. The van der Waals surface area contributed by atoms with Gasteiger partial charge in [-0.25, -0.2) is 0 Å². The van der Waals surface area contributed by atoms with Crippen molar-refractivity contribution < 1.29 is 4.79 Å². The van der Waals surface area contributed by atoms with Crippen molar-refractivity contribution in [1.29, 1.82) is 0 Å². The highest BCUT2D eigenvalue weighted by Crippen LogP contribution is 2.25. The van der Waals surface area contributed by atoms with Crippen molar-refractivity contribution in [2.45, 2.75) is 20.8 Å². The van der Waals surface area contributed by atoms with E-state index >= 15 is 0 Å². The SMILES string of the molecule is Cc1cc(NC(=O)c2snnc2C)cc(C)c1Br. The molecule has 18 heavy (non-hydrogen) atoms. The summed E-state index contributed by atoms with van der Waals surface area (Å²) in [5, 5.41) is 6.69. The van der Waals surface area contributed by atoms with Crippen LogP contribution in [0, 0.1) is 20.8 Å². The Kier molecular flexibility index (Phi) is 3.77. The van der Waals surface area contributed by atoms with E-state index in [9.17, 15) is 4.79 Å². The van der Waals surface area contributed by atoms with Crippen molar-refractivity contribution in [3.63, 3.8) is 0 Å². The Labute approximate surface area is 118 Å². The number of hydrogen-bond donors (Lipinski definition) is 1. The molecule has 0 radical (unpaired) electrons. The Bertz CT molecular complexity index is 586. The molecule has 1 heterocycles. The van der Waals surface area contributed by atoms with Crippen LogP contribution >= 0.6 is 27.5 Å². The molecular weight excluding hydrogens is 314 g/mol. The normalized spacial score (nSPS) is 10.4. The smallest absolute Gasteiger partial charge is 0.269 e. The maximum absolute atomic E-state index is 12.0. The van der Waals surface area contributed by atoms with Gasteiger partial charge in [0.05, 0.1) is 5.69 Å². The Morgan fingerprint density at radius 1 is 1.28 bits per heavy atom. The number of carbonyl (C=O) groups excluding carboxylic acids is 1. The fourth-order valence-corrected chi connectivity index (χ4v) is 2.43. The van der Waals surface area contributed by atoms with Crippen LogP contribution in [0.1, 0.15) is 26.5 Å². The summed E-state index contributed by atoms with van der Waals surface area (Å²) in [7, 11) is 0. The van der Waals surface area contributed by atoms with Gasteiger partial charge in [0.2, 0.25) is 0 Å². The van der Waals surface area contributed by atoms with E-state index in [-0.39, 0.29) is 5.91 Å². The minimum atomic E-state index is -0.163. The van der Waals surface area contributed by atoms with Gasteiger partial charge in [-0.15, -0.1) is 5.10 Å². The average Bonchev–Trinajstić information content (AvgIpc) is 2.72. The maximum atomic E-state index is 12.0. The fourth-order valence-electron chi connectivity index (χ4n) is 1.65. The monoisotopic (exact) mass is 325 g/mol. The molecule has 2 aromatic rings. The second kappa shape index (κ2) is 5.16. The third-order valence-corrected chi connectivity index (χ3v) is 4.63. The van der Waals surface area contributed by atoms with Crippen LogP contribution in [0.25, 0.3) is 0 Å². The minimum Gasteiger partial charge on any atom is -0.321 e. The van der Waals surface area contributed by atoms with E-state index < -0.39 is 0 Å². The Hall–Kier alpha value is -1.27. The van der Waals surface area contributed by atoms with E-state index in [2.05, 4.69) is 30.8 Å². The maximum Gasteiger partial charge on any atom is 0.269 e. The van der Waals surface area contributed by atoms with Gasteiger partial charge in [0.25, 0.3) is 5.91 Å². The summed E-state index contributed by atoms with van der Waals surface area (Å²) in [5.41, 5.74) is 3.61. The van der Waals surface area contributed by atoms with Crippen LogP contribution in [0.3, 0.4) is 0 Å². The number of hydrogen-bond acceptors (Lipinski definition) is 4. The molecule has 0 atom stereocenters. The van der Waals surface area contributed by atoms with Gasteiger partial charge in [-0.1, -0.05) is 20.4 Å². The van der Waals surface area contributed by atoms with E-state index in [0.29, 0.717) is 10.6 Å². The van der Waals surface area contributed by atoms with E-state index in [1.165, 1.54) is 0 Å². The number of anilines is 1. The molecular formula is C12H12BrN3OS. The zero-order chi connectivity index (χ0) is 13.3. The molecule has 4 nitrogen and oxygen atoms in total. The van der Waals surface area contributed by atoms with Gasteiger partial charge in [0.15, 0.2) is 0 Å². The van der Waals surface area contributed by atoms with Gasteiger partial charge in [-0.2, -0.15) is 0 Å². The molecule has 94 valence electrons. The first-order valence-corrected chi connectivity index (χ1v) is 6.92. The predicted molar refractivity (Wildman–Crippen MR) is 76.2 cm³/mol.